The maximum Gasteiger partial charge on any atom is 0.353 e. The summed E-state index contributed by atoms with van der Waals surface area (Å²) in [7, 11) is 0. The third-order valence-corrected chi connectivity index (χ3v) is 7.45. The summed E-state index contributed by atoms with van der Waals surface area (Å²) in [5, 5.41) is 36.6. The minimum Gasteiger partial charge on any atom is -0.477 e. The number of fused-ring (bicyclic) bond motifs is 1. The van der Waals surface area contributed by atoms with Gasteiger partial charge in [0.25, 0.3) is 0 Å². The largest absolute Gasteiger partial charge is 0.477 e. The summed E-state index contributed by atoms with van der Waals surface area (Å²) in [5.74, 6) is -1.67. The van der Waals surface area contributed by atoms with Crippen LogP contribution in [0.2, 0.25) is 0 Å². The van der Waals surface area contributed by atoms with E-state index < -0.39 is 23.0 Å². The van der Waals surface area contributed by atoms with Crippen LogP contribution in [0.5, 0.6) is 0 Å². The lowest BCUT2D eigenvalue weighted by Gasteiger charge is -2.47. The smallest absolute Gasteiger partial charge is 0.353 e. The number of aliphatic hydroxyl groups is 2. The van der Waals surface area contributed by atoms with E-state index in [4.69, 9.17) is 0 Å². The second kappa shape index (κ2) is 9.90. The van der Waals surface area contributed by atoms with E-state index in [9.17, 15) is 34.5 Å². The molecule has 10 nitrogen and oxygen atoms in total. The zero-order chi connectivity index (χ0) is 25.2. The number of anilines is 2. The Morgan fingerprint density at radius 2 is 1.60 bits per heavy atom. The summed E-state index contributed by atoms with van der Waals surface area (Å²) in [6.07, 6.45) is -1.04. The van der Waals surface area contributed by atoms with Gasteiger partial charge in [-0.2, -0.15) is 0 Å². The van der Waals surface area contributed by atoms with Gasteiger partial charge in [-0.05, 0) is 35.4 Å². The lowest BCUT2D eigenvalue weighted by atomic mass is 9.91. The van der Waals surface area contributed by atoms with Gasteiger partial charge in [-0.15, -0.1) is 0 Å². The highest BCUT2D eigenvalue weighted by atomic mass is 32.2. The average molecular weight is 498 g/mol. The number of aliphatic carboxylic acids is 1. The van der Waals surface area contributed by atoms with Crippen molar-refractivity contribution in [2.75, 3.05) is 10.6 Å². The molecule has 2 aromatic carbocycles. The monoisotopic (exact) mass is 497 g/mol. The Kier molecular flexibility index (Phi) is 6.92. The quantitative estimate of drug-likeness (QED) is 0.234. The first-order valence-corrected chi connectivity index (χ1v) is 11.5. The number of rotatable bonds is 11. The number of amides is 3. The second-order valence-corrected chi connectivity index (χ2v) is 9.70. The molecule has 0 radical (unpaired) electrons. The molecular formula is C24H23N3O7S. The minimum atomic E-state index is -1.29. The molecule has 0 aromatic heterocycles. The van der Waals surface area contributed by atoms with Crippen molar-refractivity contribution in [1.82, 2.24) is 4.90 Å². The molecule has 0 spiro atoms. The molecule has 4 rings (SSSR count). The molecule has 1 saturated heterocycles. The minimum absolute atomic E-state index is 0.0378. The van der Waals surface area contributed by atoms with E-state index in [2.05, 4.69) is 10.6 Å². The summed E-state index contributed by atoms with van der Waals surface area (Å²) in [6, 6.07) is 13.2. The predicted molar refractivity (Wildman–Crippen MR) is 128 cm³/mol. The van der Waals surface area contributed by atoms with Gasteiger partial charge in [0, 0.05) is 29.1 Å². The van der Waals surface area contributed by atoms with E-state index in [1.807, 2.05) is 0 Å². The highest BCUT2D eigenvalue weighted by Crippen LogP contribution is 2.59. The SMILES string of the molecule is O=CNc1cccc([C@@H](O)CC2=C(C(=O)O)N3C(=O)CC3(C[C@H](O)c3cccc(NC=O)c3)S2)c1. The standard InChI is InChI=1S/C24H23N3O7S/c28-12-25-16-5-1-3-14(7-16)18(30)9-20-22(23(33)34)27-21(32)11-24(27,35-20)10-19(31)15-4-2-6-17(8-15)26-13-29/h1-8,12-13,18-19,30-31H,9-11H2,(H,25,28)(H,26,29)(H,33,34)/t18-,19-,24?/m0/s1. The van der Waals surface area contributed by atoms with E-state index in [-0.39, 0.29) is 30.9 Å². The molecular weight excluding hydrogens is 474 g/mol. The number of nitrogens with zero attached hydrogens (tertiary/aromatic N) is 1. The first kappa shape index (κ1) is 24.5. The molecule has 5 N–H and O–H groups in total. The third kappa shape index (κ3) is 4.78. The Morgan fingerprint density at radius 1 is 1.03 bits per heavy atom. The van der Waals surface area contributed by atoms with Crippen molar-refractivity contribution in [2.45, 2.75) is 36.3 Å². The van der Waals surface area contributed by atoms with Crippen molar-refractivity contribution >= 4 is 47.8 Å². The van der Waals surface area contributed by atoms with Crippen LogP contribution in [0.25, 0.3) is 0 Å². The normalized spacial score (nSPS) is 20.5. The molecule has 2 aliphatic heterocycles. The highest BCUT2D eigenvalue weighted by Gasteiger charge is 2.60. The maximum atomic E-state index is 12.5. The lowest BCUT2D eigenvalue weighted by Crippen LogP contribution is -2.59. The lowest BCUT2D eigenvalue weighted by molar-refractivity contribution is -0.152. The van der Waals surface area contributed by atoms with E-state index in [0.717, 1.165) is 11.8 Å². The van der Waals surface area contributed by atoms with Gasteiger partial charge in [0.2, 0.25) is 18.7 Å². The van der Waals surface area contributed by atoms with E-state index in [1.165, 1.54) is 4.90 Å². The fraction of sp³-hybridized carbons (Fsp3) is 0.250. The summed E-state index contributed by atoms with van der Waals surface area (Å²) in [6.45, 7) is 0. The van der Waals surface area contributed by atoms with Crippen molar-refractivity contribution in [3.8, 4) is 0 Å². The molecule has 0 bridgehead atoms. The molecule has 3 atom stereocenters. The van der Waals surface area contributed by atoms with Crippen LogP contribution in [-0.2, 0) is 19.2 Å². The molecule has 2 aromatic rings. The number of carbonyl (C=O) groups is 4. The number of hydrogen-bond acceptors (Lipinski definition) is 7. The van der Waals surface area contributed by atoms with Crippen LogP contribution in [0.4, 0.5) is 11.4 Å². The number of nitrogens with one attached hydrogen (secondary N) is 2. The van der Waals surface area contributed by atoms with Crippen LogP contribution >= 0.6 is 11.8 Å². The number of thioether (sulfide) groups is 1. The summed E-state index contributed by atoms with van der Waals surface area (Å²) in [4.78, 5) is 46.6. The van der Waals surface area contributed by atoms with Gasteiger partial charge in [0.1, 0.15) is 10.6 Å². The van der Waals surface area contributed by atoms with Gasteiger partial charge in [-0.1, -0.05) is 36.0 Å². The molecule has 11 heteroatoms. The Bertz CT molecular complexity index is 1220. The van der Waals surface area contributed by atoms with Gasteiger partial charge in [-0.3, -0.25) is 19.3 Å². The van der Waals surface area contributed by atoms with Crippen LogP contribution in [0.3, 0.4) is 0 Å². The Hall–Kier alpha value is -3.67. The number of benzene rings is 2. The van der Waals surface area contributed by atoms with Gasteiger partial charge in [0.05, 0.1) is 18.6 Å². The predicted octanol–water partition coefficient (Wildman–Crippen LogP) is 2.34. The fourth-order valence-corrected chi connectivity index (χ4v) is 6.12. The molecule has 2 aliphatic rings. The van der Waals surface area contributed by atoms with Crippen LogP contribution in [0.15, 0.2) is 59.1 Å². The first-order chi connectivity index (χ1) is 16.8. The van der Waals surface area contributed by atoms with Gasteiger partial charge in [0.15, 0.2) is 0 Å². The van der Waals surface area contributed by atoms with Crippen molar-refractivity contribution in [3.63, 3.8) is 0 Å². The fourth-order valence-electron chi connectivity index (χ4n) is 4.42. The number of hydrogen-bond donors (Lipinski definition) is 5. The van der Waals surface area contributed by atoms with Crippen molar-refractivity contribution in [1.29, 1.82) is 0 Å². The van der Waals surface area contributed by atoms with Crippen molar-refractivity contribution in [3.05, 3.63) is 70.3 Å². The number of β-lactam (4-membered cyclic amide) rings is 1. The maximum absolute atomic E-state index is 12.5. The average Bonchev–Trinajstić information content (AvgIpc) is 3.07. The van der Waals surface area contributed by atoms with E-state index >= 15 is 0 Å². The number of carboxylic acid groups (broad SMARTS) is 1. The van der Waals surface area contributed by atoms with Crippen LogP contribution in [-0.4, -0.2) is 49.8 Å². The van der Waals surface area contributed by atoms with Crippen LogP contribution < -0.4 is 10.6 Å². The number of carbonyl (C=O) groups excluding carboxylic acids is 3. The van der Waals surface area contributed by atoms with Gasteiger partial charge >= 0.3 is 5.97 Å². The zero-order valence-corrected chi connectivity index (χ0v) is 19.2. The molecule has 182 valence electrons. The summed E-state index contributed by atoms with van der Waals surface area (Å²) >= 11 is 1.16. The number of aliphatic hydroxyl groups excluding tert-OH is 2. The molecule has 1 unspecified atom stereocenters. The van der Waals surface area contributed by atoms with Crippen LogP contribution in [0, 0.1) is 0 Å². The Balaban J connectivity index is 1.57. The molecule has 35 heavy (non-hydrogen) atoms. The third-order valence-electron chi connectivity index (χ3n) is 5.97. The van der Waals surface area contributed by atoms with Crippen molar-refractivity contribution < 1.29 is 34.5 Å². The number of carboxylic acids is 1. The molecule has 1 fully saturated rings. The van der Waals surface area contributed by atoms with Crippen molar-refractivity contribution in [2.24, 2.45) is 0 Å². The Morgan fingerprint density at radius 3 is 2.11 bits per heavy atom. The van der Waals surface area contributed by atoms with Gasteiger partial charge < -0.3 is 26.0 Å². The highest BCUT2D eigenvalue weighted by molar-refractivity contribution is 8.04. The van der Waals surface area contributed by atoms with E-state index in [0.29, 0.717) is 40.2 Å². The molecule has 2 heterocycles. The molecule has 0 saturated carbocycles. The van der Waals surface area contributed by atoms with Gasteiger partial charge in [-0.25, -0.2) is 4.79 Å². The topological polar surface area (TPSA) is 156 Å². The zero-order valence-electron chi connectivity index (χ0n) is 18.4. The first-order valence-electron chi connectivity index (χ1n) is 10.7. The Labute approximate surface area is 204 Å². The molecule has 0 aliphatic carbocycles. The summed E-state index contributed by atoms with van der Waals surface area (Å²) < 4.78 is 0. The summed E-state index contributed by atoms with van der Waals surface area (Å²) in [5.41, 5.74) is 1.76. The molecule has 3 amide bonds. The second-order valence-electron chi connectivity index (χ2n) is 8.25. The van der Waals surface area contributed by atoms with Crippen LogP contribution in [0.1, 0.15) is 42.6 Å². The van der Waals surface area contributed by atoms with E-state index in [1.54, 1.807) is 48.5 Å².